The lowest BCUT2D eigenvalue weighted by atomic mass is 9.90. The zero-order valence-corrected chi connectivity index (χ0v) is 18.1. The summed E-state index contributed by atoms with van der Waals surface area (Å²) >= 11 is 0. The van der Waals surface area contributed by atoms with Crippen molar-refractivity contribution in [2.45, 2.75) is 32.7 Å². The van der Waals surface area contributed by atoms with Gasteiger partial charge in [0.1, 0.15) is 5.82 Å². The molecule has 0 unspecified atom stereocenters. The lowest BCUT2D eigenvalue weighted by Gasteiger charge is -2.32. The summed E-state index contributed by atoms with van der Waals surface area (Å²) in [6, 6.07) is 11.6. The minimum atomic E-state index is -0.450. The molecule has 2 N–H and O–H groups in total. The number of halogens is 1. The first-order valence-electron chi connectivity index (χ1n) is 10.9. The van der Waals surface area contributed by atoms with Crippen LogP contribution in [-0.4, -0.2) is 40.0 Å². The third kappa shape index (κ3) is 5.13. The number of fused-ring (bicyclic) bond motifs is 1. The molecule has 8 heteroatoms. The van der Waals surface area contributed by atoms with Crippen molar-refractivity contribution in [3.8, 4) is 0 Å². The number of aromatic nitrogens is 2. The SMILES string of the molecule is CC(=O)Nc1ccc2c(=O)n(CCN3CCC(Cc4ccc(F)cc4)CC3)c(=O)[nH]c2c1. The number of piperidine rings is 1. The topological polar surface area (TPSA) is 87.2 Å². The fourth-order valence-corrected chi connectivity index (χ4v) is 4.35. The Morgan fingerprint density at radius 3 is 2.50 bits per heavy atom. The maximum Gasteiger partial charge on any atom is 0.328 e. The van der Waals surface area contributed by atoms with Crippen LogP contribution in [0.2, 0.25) is 0 Å². The van der Waals surface area contributed by atoms with Gasteiger partial charge >= 0.3 is 5.69 Å². The molecule has 1 amide bonds. The number of hydrogen-bond donors (Lipinski definition) is 2. The van der Waals surface area contributed by atoms with Gasteiger partial charge in [-0.1, -0.05) is 12.1 Å². The van der Waals surface area contributed by atoms with Crippen LogP contribution in [-0.2, 0) is 17.8 Å². The van der Waals surface area contributed by atoms with E-state index in [0.717, 1.165) is 37.9 Å². The minimum absolute atomic E-state index is 0.212. The summed E-state index contributed by atoms with van der Waals surface area (Å²) in [5.41, 5.74) is 1.31. The zero-order chi connectivity index (χ0) is 22.7. The summed E-state index contributed by atoms with van der Waals surface area (Å²) in [5, 5.41) is 3.06. The predicted octanol–water partition coefficient (Wildman–Crippen LogP) is 2.74. The number of anilines is 1. The van der Waals surface area contributed by atoms with Gasteiger partial charge in [-0.2, -0.15) is 0 Å². The van der Waals surface area contributed by atoms with E-state index in [4.69, 9.17) is 0 Å². The van der Waals surface area contributed by atoms with Crippen LogP contribution >= 0.6 is 0 Å². The number of carbonyl (C=O) groups excluding carboxylic acids is 1. The highest BCUT2D eigenvalue weighted by atomic mass is 19.1. The third-order valence-corrected chi connectivity index (χ3v) is 6.09. The number of benzene rings is 2. The first kappa shape index (κ1) is 22.0. The predicted molar refractivity (Wildman–Crippen MR) is 122 cm³/mol. The molecule has 2 aromatic carbocycles. The summed E-state index contributed by atoms with van der Waals surface area (Å²) in [6.45, 7) is 4.16. The van der Waals surface area contributed by atoms with E-state index < -0.39 is 5.69 Å². The Hall–Kier alpha value is -3.26. The van der Waals surface area contributed by atoms with Crippen LogP contribution in [0.25, 0.3) is 10.9 Å². The second-order valence-corrected chi connectivity index (χ2v) is 8.44. The molecule has 0 radical (unpaired) electrons. The smallest absolute Gasteiger partial charge is 0.326 e. The van der Waals surface area contributed by atoms with Crippen molar-refractivity contribution < 1.29 is 9.18 Å². The van der Waals surface area contributed by atoms with Crippen molar-refractivity contribution in [1.82, 2.24) is 14.5 Å². The third-order valence-electron chi connectivity index (χ3n) is 6.09. The summed E-state index contributed by atoms with van der Waals surface area (Å²) in [4.78, 5) is 41.6. The normalized spacial score (nSPS) is 15.2. The molecule has 0 spiro atoms. The lowest BCUT2D eigenvalue weighted by Crippen LogP contribution is -2.41. The average molecular weight is 439 g/mol. The van der Waals surface area contributed by atoms with Gasteiger partial charge in [0.2, 0.25) is 5.91 Å². The fraction of sp³-hybridized carbons (Fsp3) is 0.375. The van der Waals surface area contributed by atoms with Gasteiger partial charge in [0.25, 0.3) is 5.56 Å². The zero-order valence-electron chi connectivity index (χ0n) is 18.1. The van der Waals surface area contributed by atoms with E-state index >= 15 is 0 Å². The second-order valence-electron chi connectivity index (χ2n) is 8.44. The highest BCUT2D eigenvalue weighted by Gasteiger charge is 2.20. The lowest BCUT2D eigenvalue weighted by molar-refractivity contribution is -0.114. The molecule has 0 atom stereocenters. The molecule has 3 aromatic rings. The molecule has 0 aliphatic carbocycles. The maximum atomic E-state index is 13.1. The van der Waals surface area contributed by atoms with Gasteiger partial charge in [-0.25, -0.2) is 9.18 Å². The molecule has 1 saturated heterocycles. The van der Waals surface area contributed by atoms with Crippen LogP contribution in [0.15, 0.2) is 52.1 Å². The Morgan fingerprint density at radius 1 is 1.09 bits per heavy atom. The van der Waals surface area contributed by atoms with E-state index in [-0.39, 0.29) is 17.3 Å². The number of H-pyrrole nitrogens is 1. The number of nitrogens with one attached hydrogen (secondary N) is 2. The molecule has 1 aromatic heterocycles. The molecule has 2 heterocycles. The van der Waals surface area contributed by atoms with Crippen LogP contribution in [0, 0.1) is 11.7 Å². The van der Waals surface area contributed by atoms with Crippen molar-refractivity contribution in [3.63, 3.8) is 0 Å². The molecule has 1 fully saturated rings. The Morgan fingerprint density at radius 2 is 1.81 bits per heavy atom. The van der Waals surface area contributed by atoms with Gasteiger partial charge in [-0.3, -0.25) is 14.2 Å². The quantitative estimate of drug-likeness (QED) is 0.620. The van der Waals surface area contributed by atoms with E-state index in [1.807, 2.05) is 12.1 Å². The van der Waals surface area contributed by atoms with Gasteiger partial charge in [0.05, 0.1) is 10.9 Å². The molecule has 0 bridgehead atoms. The summed E-state index contributed by atoms with van der Waals surface area (Å²) in [6.07, 6.45) is 3.01. The summed E-state index contributed by atoms with van der Waals surface area (Å²) in [7, 11) is 0. The molecular weight excluding hydrogens is 411 g/mol. The number of nitrogens with zero attached hydrogens (tertiary/aromatic N) is 2. The van der Waals surface area contributed by atoms with E-state index in [0.29, 0.717) is 35.6 Å². The number of amides is 1. The first-order chi connectivity index (χ1) is 15.4. The van der Waals surface area contributed by atoms with Crippen LogP contribution in [0.5, 0.6) is 0 Å². The van der Waals surface area contributed by atoms with Crippen LogP contribution < -0.4 is 16.6 Å². The Labute approximate surface area is 184 Å². The highest BCUT2D eigenvalue weighted by molar-refractivity contribution is 5.91. The molecule has 168 valence electrons. The molecular formula is C24H27FN4O3. The van der Waals surface area contributed by atoms with Gasteiger partial charge < -0.3 is 15.2 Å². The summed E-state index contributed by atoms with van der Waals surface area (Å²) < 4.78 is 14.3. The minimum Gasteiger partial charge on any atom is -0.326 e. The summed E-state index contributed by atoms with van der Waals surface area (Å²) in [5.74, 6) is 0.124. The van der Waals surface area contributed by atoms with Crippen molar-refractivity contribution in [2.24, 2.45) is 5.92 Å². The first-order valence-corrected chi connectivity index (χ1v) is 10.9. The molecule has 1 aliphatic rings. The largest absolute Gasteiger partial charge is 0.328 e. The monoisotopic (exact) mass is 438 g/mol. The standard InChI is InChI=1S/C24H27FN4O3/c1-16(30)26-20-6-7-21-22(15-20)27-24(32)29(23(21)31)13-12-28-10-8-18(9-11-28)14-17-2-4-19(25)5-3-17/h2-7,15,18H,8-14H2,1H3,(H,26,30)(H,27,32). The molecule has 4 rings (SSSR count). The average Bonchev–Trinajstić information content (AvgIpc) is 2.76. The van der Waals surface area contributed by atoms with E-state index in [2.05, 4.69) is 15.2 Å². The number of rotatable bonds is 6. The molecule has 7 nitrogen and oxygen atoms in total. The maximum absolute atomic E-state index is 13.1. The number of hydrogen-bond acceptors (Lipinski definition) is 4. The van der Waals surface area contributed by atoms with E-state index in [9.17, 15) is 18.8 Å². The number of likely N-dealkylation sites (tertiary alicyclic amines) is 1. The van der Waals surface area contributed by atoms with Crippen LogP contribution in [0.1, 0.15) is 25.3 Å². The van der Waals surface area contributed by atoms with Gasteiger partial charge in [-0.15, -0.1) is 0 Å². The van der Waals surface area contributed by atoms with Crippen LogP contribution in [0.4, 0.5) is 10.1 Å². The highest BCUT2D eigenvalue weighted by Crippen LogP contribution is 2.22. The van der Waals surface area contributed by atoms with Crippen molar-refractivity contribution >= 4 is 22.5 Å². The molecule has 0 saturated carbocycles. The Bertz CT molecular complexity index is 1220. The van der Waals surface area contributed by atoms with Crippen molar-refractivity contribution in [1.29, 1.82) is 0 Å². The second kappa shape index (κ2) is 9.48. The van der Waals surface area contributed by atoms with Gasteiger partial charge in [0.15, 0.2) is 0 Å². The number of carbonyl (C=O) groups is 1. The van der Waals surface area contributed by atoms with Crippen molar-refractivity contribution in [3.05, 3.63) is 74.7 Å². The van der Waals surface area contributed by atoms with Gasteiger partial charge in [0, 0.05) is 25.7 Å². The van der Waals surface area contributed by atoms with E-state index in [1.165, 1.54) is 23.6 Å². The van der Waals surface area contributed by atoms with Crippen molar-refractivity contribution in [2.75, 3.05) is 25.0 Å². The Balaban J connectivity index is 1.37. The van der Waals surface area contributed by atoms with E-state index in [1.54, 1.807) is 18.2 Å². The van der Waals surface area contributed by atoms with Gasteiger partial charge in [-0.05, 0) is 74.2 Å². The fourth-order valence-electron chi connectivity index (χ4n) is 4.35. The van der Waals surface area contributed by atoms with Crippen LogP contribution in [0.3, 0.4) is 0 Å². The molecule has 32 heavy (non-hydrogen) atoms. The molecule has 1 aliphatic heterocycles. The Kier molecular flexibility index (Phi) is 6.50. The number of aromatic amines is 1.